The molecule has 1 radical (unpaired) electrons. The van der Waals surface area contributed by atoms with Crippen molar-refractivity contribution >= 4 is 209 Å². The fraction of sp³-hybridized carbons (Fsp3) is 0.539. The number of ether oxygens (including phenoxy) is 6. The van der Waals surface area contributed by atoms with E-state index in [1.54, 1.807) is 171 Å². The van der Waals surface area contributed by atoms with Gasteiger partial charge in [0, 0.05) is 124 Å². The molecule has 0 unspecified atom stereocenters. The number of alkyl halides is 7. The Labute approximate surface area is 832 Å². The molecule has 5 rings (SSSR count). The second-order valence-electron chi connectivity index (χ2n) is 33.1. The molecular formula is C89H133B4Cl6I2N8O22. The van der Waals surface area contributed by atoms with Crippen molar-refractivity contribution < 1.29 is 106 Å². The zero-order valence-corrected chi connectivity index (χ0v) is 86.9. The van der Waals surface area contributed by atoms with E-state index >= 15 is 0 Å². The smallest absolute Gasteiger partial charge is 0.373 e. The summed E-state index contributed by atoms with van der Waals surface area (Å²) >= 11 is 38.0. The van der Waals surface area contributed by atoms with Crippen LogP contribution < -0.4 is 32.0 Å². The van der Waals surface area contributed by atoms with E-state index in [1.807, 2.05) is 57.2 Å². The van der Waals surface area contributed by atoms with Crippen LogP contribution in [0.2, 0.25) is 20.5 Å². The molecule has 0 aliphatic rings. The predicted molar refractivity (Wildman–Crippen MR) is 541 cm³/mol. The van der Waals surface area contributed by atoms with Gasteiger partial charge in [-0.1, -0.05) is 108 Å². The highest BCUT2D eigenvalue weighted by atomic mass is 127. The monoisotopic (exact) mass is 2170 g/mol. The first-order valence-corrected chi connectivity index (χ1v) is 48.0. The van der Waals surface area contributed by atoms with E-state index in [-0.39, 0.29) is 85.4 Å². The number of benzene rings is 5. The second kappa shape index (κ2) is 70.2. The lowest BCUT2D eigenvalue weighted by molar-refractivity contribution is -0.156. The minimum atomic E-state index is -1.02. The van der Waals surface area contributed by atoms with Gasteiger partial charge in [0.1, 0.15) is 22.4 Å². The maximum absolute atomic E-state index is 13.0. The summed E-state index contributed by atoms with van der Waals surface area (Å²) in [5.41, 5.74) is 8.75. The molecule has 42 heteroatoms. The van der Waals surface area contributed by atoms with Gasteiger partial charge in [0.2, 0.25) is 0 Å². The third-order valence-electron chi connectivity index (χ3n) is 16.6. The first-order chi connectivity index (χ1) is 61.3. The van der Waals surface area contributed by atoms with E-state index in [4.69, 9.17) is 104 Å². The van der Waals surface area contributed by atoms with Gasteiger partial charge in [0.15, 0.2) is 0 Å². The average molecular weight is 2180 g/mol. The Morgan fingerprint density at radius 2 is 0.718 bits per heavy atom. The fourth-order valence-corrected chi connectivity index (χ4v) is 14.0. The number of amides is 2. The van der Waals surface area contributed by atoms with Crippen LogP contribution in [0.4, 0.5) is 0 Å². The van der Waals surface area contributed by atoms with Crippen LogP contribution >= 0.6 is 115 Å². The van der Waals surface area contributed by atoms with Crippen molar-refractivity contribution in [3.8, 4) is 0 Å². The quantitative estimate of drug-likeness (QED) is 0.00328. The van der Waals surface area contributed by atoms with Crippen molar-refractivity contribution in [2.75, 3.05) is 93.2 Å². The molecule has 131 heavy (non-hydrogen) atoms. The lowest BCUT2D eigenvalue weighted by Crippen LogP contribution is -2.43. The molecule has 0 aromatic heterocycles. The molecule has 30 nitrogen and oxygen atoms in total. The highest BCUT2D eigenvalue weighted by molar-refractivity contribution is 14.1. The van der Waals surface area contributed by atoms with Crippen LogP contribution in [0.25, 0.3) is 0 Å². The van der Waals surface area contributed by atoms with Crippen LogP contribution in [0.1, 0.15) is 189 Å². The SMILES string of the molecule is CB(O)N[C@@H](CC(=O)OC(C)(C)C)Cc1ccccc1C(=O)N(CCCl)CCCl.CB(O)N[C@@H](CC(=O)OC(C)(C)C)Cc1ccccc1C(=O)O.CC(C)(C)OC(=O)C[C@@H](CI)N[B]C=O.COC(=O)c1ccccc1C[C@H](CC(=O)OC(C)(C)C)NB(C)O.COC(=O)c1ccccc1I.ClCCNCCCl.N[C@@H](CC(=O)O)Cc1ccccc1C(=O)N(CCCl)CCCl. The molecular weight excluding hydrogens is 2040 g/mol. The Kier molecular flexibility index (Phi) is 67.9. The topological polar surface area (TPSA) is 437 Å². The number of carboxylic acid groups (broad SMARTS) is 2. The molecule has 0 saturated carbocycles. The Hall–Kier alpha value is -6.43. The molecule has 5 aromatic rings. The van der Waals surface area contributed by atoms with Gasteiger partial charge >= 0.3 is 68.9 Å². The zero-order chi connectivity index (χ0) is 100. The number of hydrogen-bond donors (Lipinski definition) is 11. The number of aromatic carboxylic acids is 1. The summed E-state index contributed by atoms with van der Waals surface area (Å²) in [5, 5.41) is 61.6. The number of carbonyl (C=O) groups excluding carboxylic acids is 9. The molecule has 2 amide bonds. The van der Waals surface area contributed by atoms with Crippen molar-refractivity contribution in [1.29, 1.82) is 0 Å². The molecule has 0 fully saturated rings. The van der Waals surface area contributed by atoms with Crippen molar-refractivity contribution in [2.45, 2.75) is 214 Å². The first-order valence-electron chi connectivity index (χ1n) is 42.2. The molecule has 729 valence electrons. The van der Waals surface area contributed by atoms with E-state index in [9.17, 15) is 72.9 Å². The molecule has 0 aliphatic carbocycles. The van der Waals surface area contributed by atoms with Gasteiger partial charge in [0.05, 0.1) is 69.2 Å². The third kappa shape index (κ3) is 62.8. The first kappa shape index (κ1) is 127. The fourth-order valence-electron chi connectivity index (χ4n) is 11.7. The van der Waals surface area contributed by atoms with Gasteiger partial charge in [-0.05, 0) is 210 Å². The summed E-state index contributed by atoms with van der Waals surface area (Å²) in [6.07, 6.45) is 2.35. The van der Waals surface area contributed by atoms with Gasteiger partial charge in [-0.2, -0.15) is 0 Å². The molecule has 0 saturated heterocycles. The molecule has 0 spiro atoms. The number of nitrogens with zero attached hydrogens (tertiary/aromatic N) is 2. The van der Waals surface area contributed by atoms with Crippen molar-refractivity contribution in [1.82, 2.24) is 36.0 Å². The summed E-state index contributed by atoms with van der Waals surface area (Å²) < 4.78 is 32.2. The molecule has 0 bridgehead atoms. The Morgan fingerprint density at radius 1 is 0.435 bits per heavy atom. The van der Waals surface area contributed by atoms with Gasteiger partial charge in [0.25, 0.3) is 19.2 Å². The molecule has 0 aliphatic heterocycles. The number of halogens is 8. The summed E-state index contributed by atoms with van der Waals surface area (Å²) in [4.78, 5) is 132. The second-order valence-corrected chi connectivity index (χ2v) is 37.5. The molecule has 0 heterocycles. The lowest BCUT2D eigenvalue weighted by atomic mass is 9.85. The van der Waals surface area contributed by atoms with Crippen LogP contribution in [-0.2, 0) is 82.9 Å². The van der Waals surface area contributed by atoms with Crippen LogP contribution in [-0.4, -0.2) is 275 Å². The number of methoxy groups -OCH3 is 2. The summed E-state index contributed by atoms with van der Waals surface area (Å²) in [5.74, 6) is -1.80. The Morgan fingerprint density at radius 3 is 1.00 bits per heavy atom. The van der Waals surface area contributed by atoms with E-state index in [1.165, 1.54) is 27.7 Å². The number of esters is 6. The molecule has 5 aromatic carbocycles. The zero-order valence-electron chi connectivity index (χ0n) is 78.0. The number of nitrogens with one attached hydrogen (secondary N) is 5. The van der Waals surface area contributed by atoms with Crippen molar-refractivity contribution in [3.05, 3.63) is 175 Å². The van der Waals surface area contributed by atoms with Gasteiger partial charge in [-0.25, -0.2) is 14.4 Å². The Balaban J connectivity index is 0. The van der Waals surface area contributed by atoms with Crippen LogP contribution in [0, 0.1) is 3.57 Å². The summed E-state index contributed by atoms with van der Waals surface area (Å²) in [6.45, 7) is 29.7. The Bertz CT molecular complexity index is 4180. The maximum atomic E-state index is 13.0. The highest BCUT2D eigenvalue weighted by Gasteiger charge is 2.30. The van der Waals surface area contributed by atoms with Crippen molar-refractivity contribution in [2.24, 2.45) is 5.73 Å². The number of carboxylic acids is 2. The predicted octanol–water partition coefficient (Wildman–Crippen LogP) is 12.5. The van der Waals surface area contributed by atoms with E-state index in [0.717, 1.165) is 37.8 Å². The highest BCUT2D eigenvalue weighted by Crippen LogP contribution is 2.23. The minimum absolute atomic E-state index is 0.0378. The summed E-state index contributed by atoms with van der Waals surface area (Å²) in [6, 6.07) is 33.5. The van der Waals surface area contributed by atoms with Crippen molar-refractivity contribution in [3.63, 3.8) is 0 Å². The average Bonchev–Trinajstić information content (AvgIpc) is 0.833. The normalized spacial score (nSPS) is 12.0. The van der Waals surface area contributed by atoms with E-state index < -0.39 is 85.6 Å². The third-order valence-corrected chi connectivity index (χ3v) is 19.7. The van der Waals surface area contributed by atoms with Gasteiger partial charge in [-0.15, -0.1) is 69.6 Å². The number of rotatable bonds is 45. The van der Waals surface area contributed by atoms with E-state index in [0.29, 0.717) is 121 Å². The standard InChI is InChI=1S/C20H31BCl2N2O4.C17H26BNO5.C16H24BNO5.C15H20Cl2N2O3.C9H16BINO3.C8H7IO2.C4H9Cl2N/c1-20(2,3)29-18(26)14-16(24-21(4)28)13-15-7-5-6-8-17(15)19(27)25(11-9-22)12-10-23;1-17(2,3)24-15(20)11-13(19-18(4)22)10-12-8-6-7-9-14(12)16(21)23-5;1-16(2,3)23-14(19)10-12(18-17(4)22)9-11-7-5-6-8-13(11)15(20)21;16-5-7-19(8-6-17)15(22)13-4-2-1-3-11(13)9-12(18)10-14(20)21;1-9(2,3)15-8(14)4-7(5-11)12-10-6-13;1-11-8(10)6-4-2-3-5-7(6)9;5-1-3-7-4-2-6/h5-8,16,24,28H,9-14H2,1-4H3;6-9,13,19,22H,10-11H2,1-5H3;5-8,12,18,22H,9-10H2,1-4H3,(H,20,21);1-4,12H,5-10,18H2,(H,20,21);6-7,12H,4-5H2,1-3H3;2-5H,1H3;7H,1-4H2/t16-;13-;2*12-;7-;;/m11110../s1. The van der Waals surface area contributed by atoms with Crippen LogP contribution in [0.15, 0.2) is 121 Å². The van der Waals surface area contributed by atoms with Crippen LogP contribution in [0.5, 0.6) is 0 Å². The number of aliphatic carboxylic acids is 1. The number of carbonyl (C=O) groups is 11. The maximum Gasteiger partial charge on any atom is 0.373 e. The minimum Gasteiger partial charge on any atom is -0.481 e. The van der Waals surface area contributed by atoms with Gasteiger partial charge in [-0.3, -0.25) is 33.6 Å². The van der Waals surface area contributed by atoms with Crippen LogP contribution in [0.3, 0.4) is 0 Å². The molecule has 5 atom stereocenters. The molecule has 12 N–H and O–H groups in total. The van der Waals surface area contributed by atoms with E-state index in [2.05, 4.69) is 76.1 Å². The van der Waals surface area contributed by atoms with Gasteiger partial charge < -0.3 is 100 Å². The number of nitrogens with two attached hydrogens (primary N) is 1. The largest absolute Gasteiger partial charge is 0.481 e. The lowest BCUT2D eigenvalue weighted by Gasteiger charge is -2.25. The summed E-state index contributed by atoms with van der Waals surface area (Å²) in [7, 11) is 1.58. The number of hydrogen-bond acceptors (Lipinski definition) is 26.